The summed E-state index contributed by atoms with van der Waals surface area (Å²) in [7, 11) is 0. The van der Waals surface area contributed by atoms with Crippen molar-refractivity contribution in [2.24, 2.45) is 0 Å². The largest absolute Gasteiger partial charge is 0.483 e. The summed E-state index contributed by atoms with van der Waals surface area (Å²) in [5.74, 6) is 0.359. The maximum Gasteiger partial charge on any atom is 0.223 e. The van der Waals surface area contributed by atoms with Gasteiger partial charge in [-0.25, -0.2) is 4.39 Å². The molecule has 6 heteroatoms. The number of carbonyl (C=O) groups is 1. The molecule has 0 radical (unpaired) electrons. The Hall–Kier alpha value is -3.93. The molecule has 2 heterocycles. The van der Waals surface area contributed by atoms with E-state index >= 15 is 0 Å². The minimum atomic E-state index is -0.570. The van der Waals surface area contributed by atoms with Crippen LogP contribution in [0.4, 0.5) is 10.1 Å². The Labute approximate surface area is 191 Å². The lowest BCUT2D eigenvalue weighted by atomic mass is 9.92. The molecule has 33 heavy (non-hydrogen) atoms. The van der Waals surface area contributed by atoms with E-state index < -0.39 is 12.1 Å². The quantitative estimate of drug-likeness (QED) is 0.405. The molecule has 2 N–H and O–H groups in total. The fraction of sp³-hybridized carbons (Fsp3) is 0.185. The van der Waals surface area contributed by atoms with E-state index in [9.17, 15) is 9.18 Å². The van der Waals surface area contributed by atoms with Gasteiger partial charge in [-0.3, -0.25) is 9.78 Å². The number of nitrogens with zero attached hydrogens (tertiary/aromatic N) is 2. The summed E-state index contributed by atoms with van der Waals surface area (Å²) in [6, 6.07) is 22.9. The van der Waals surface area contributed by atoms with Crippen LogP contribution in [0.2, 0.25) is 0 Å². The van der Waals surface area contributed by atoms with Crippen molar-refractivity contribution in [3.63, 3.8) is 0 Å². The van der Waals surface area contributed by atoms with Gasteiger partial charge in [-0.15, -0.1) is 0 Å². The number of fused-ring (bicyclic) bond motifs is 1. The maximum absolute atomic E-state index is 13.8. The summed E-state index contributed by atoms with van der Waals surface area (Å²) >= 11 is 0. The van der Waals surface area contributed by atoms with E-state index in [0.717, 1.165) is 28.5 Å². The number of hydrogen-bond donors (Lipinski definition) is 1. The Morgan fingerprint density at radius 2 is 1.73 bits per heavy atom. The first-order chi connectivity index (χ1) is 16.1. The third-order valence-electron chi connectivity index (χ3n) is 6.06. The van der Waals surface area contributed by atoms with Crippen molar-refractivity contribution in [2.45, 2.75) is 25.0 Å². The number of likely N-dealkylation sites (tertiary alicyclic amines) is 1. The number of halogens is 1. The number of aromatic nitrogens is 1. The number of benzene rings is 3. The van der Waals surface area contributed by atoms with Gasteiger partial charge in [0.2, 0.25) is 5.91 Å². The molecule has 1 aromatic heterocycles. The monoisotopic (exact) mass is 441 g/mol. The molecule has 5 rings (SSSR count). The van der Waals surface area contributed by atoms with E-state index in [1.54, 1.807) is 30.5 Å². The van der Waals surface area contributed by atoms with Crippen LogP contribution in [0.1, 0.15) is 36.1 Å². The first kappa shape index (κ1) is 20.9. The SMILES string of the molecule is Nc1ccc(O[C@@H](c2cccc3cccnc23)[C@H](c2ccc(F)cc2)N2CCCC2=O)cc1. The predicted octanol–water partition coefficient (Wildman–Crippen LogP) is 5.44. The van der Waals surface area contributed by atoms with Gasteiger partial charge in [-0.1, -0.05) is 36.4 Å². The standard InChI is InChI=1S/C27H24FN3O2/c28-20-10-8-19(9-11-20)26(31-17-3-7-24(31)32)27(33-22-14-12-21(29)13-15-22)23-6-1-4-18-5-2-16-30-25(18)23/h1-2,4-6,8-16,26-27H,3,7,17,29H2/t26-,27-/m0/s1. The van der Waals surface area contributed by atoms with Crippen LogP contribution in [0.5, 0.6) is 5.75 Å². The number of nitrogen functional groups attached to an aromatic ring is 1. The molecule has 0 unspecified atom stereocenters. The van der Waals surface area contributed by atoms with E-state index in [1.165, 1.54) is 12.1 Å². The van der Waals surface area contributed by atoms with Gasteiger partial charge in [-0.05, 0) is 54.4 Å². The van der Waals surface area contributed by atoms with Gasteiger partial charge in [0.15, 0.2) is 6.10 Å². The Bertz CT molecular complexity index is 1270. The molecule has 0 bridgehead atoms. The highest BCUT2D eigenvalue weighted by Gasteiger charge is 2.38. The van der Waals surface area contributed by atoms with E-state index in [0.29, 0.717) is 24.4 Å². The molecule has 3 aromatic carbocycles. The third-order valence-corrected chi connectivity index (χ3v) is 6.06. The zero-order valence-electron chi connectivity index (χ0n) is 18.0. The summed E-state index contributed by atoms with van der Waals surface area (Å²) in [5.41, 5.74) is 8.98. The van der Waals surface area contributed by atoms with Crippen LogP contribution < -0.4 is 10.5 Å². The molecule has 5 nitrogen and oxygen atoms in total. The van der Waals surface area contributed by atoms with E-state index in [4.69, 9.17) is 10.5 Å². The fourth-order valence-corrected chi connectivity index (χ4v) is 4.49. The van der Waals surface area contributed by atoms with Crippen LogP contribution in [-0.4, -0.2) is 22.3 Å². The van der Waals surface area contributed by atoms with Crippen LogP contribution in [0.3, 0.4) is 0 Å². The van der Waals surface area contributed by atoms with Gasteiger partial charge in [0.25, 0.3) is 0 Å². The lowest BCUT2D eigenvalue weighted by Gasteiger charge is -2.35. The molecule has 166 valence electrons. The number of amides is 1. The Morgan fingerprint density at radius 3 is 2.45 bits per heavy atom. The summed E-state index contributed by atoms with van der Waals surface area (Å²) in [4.78, 5) is 19.4. The number of pyridine rings is 1. The zero-order valence-corrected chi connectivity index (χ0v) is 18.0. The summed E-state index contributed by atoms with van der Waals surface area (Å²) < 4.78 is 20.4. The lowest BCUT2D eigenvalue weighted by molar-refractivity contribution is -0.131. The summed E-state index contributed by atoms with van der Waals surface area (Å²) in [6.07, 6.45) is 2.44. The molecule has 0 spiro atoms. The fourth-order valence-electron chi connectivity index (χ4n) is 4.49. The van der Waals surface area contributed by atoms with Gasteiger partial charge < -0.3 is 15.4 Å². The number of ether oxygens (including phenoxy) is 1. The molecule has 1 aliphatic rings. The van der Waals surface area contributed by atoms with Crippen molar-refractivity contribution in [1.82, 2.24) is 9.88 Å². The molecule has 1 amide bonds. The van der Waals surface area contributed by atoms with Crippen molar-refractivity contribution < 1.29 is 13.9 Å². The van der Waals surface area contributed by atoms with Crippen molar-refractivity contribution in [1.29, 1.82) is 0 Å². The van der Waals surface area contributed by atoms with Gasteiger partial charge in [-0.2, -0.15) is 0 Å². The molecular formula is C27H24FN3O2. The summed E-state index contributed by atoms with van der Waals surface area (Å²) in [6.45, 7) is 0.612. The molecule has 1 aliphatic heterocycles. The number of carbonyl (C=O) groups excluding carboxylic acids is 1. The van der Waals surface area contributed by atoms with Crippen molar-refractivity contribution in [2.75, 3.05) is 12.3 Å². The second-order valence-electron chi connectivity index (χ2n) is 8.22. The van der Waals surface area contributed by atoms with Crippen molar-refractivity contribution in [3.05, 3.63) is 102 Å². The predicted molar refractivity (Wildman–Crippen MR) is 126 cm³/mol. The second kappa shape index (κ2) is 8.90. The molecule has 1 fully saturated rings. The second-order valence-corrected chi connectivity index (χ2v) is 8.22. The number of nitrogens with two attached hydrogens (primary N) is 1. The zero-order chi connectivity index (χ0) is 22.8. The van der Waals surface area contributed by atoms with Crippen LogP contribution >= 0.6 is 0 Å². The lowest BCUT2D eigenvalue weighted by Crippen LogP contribution is -2.36. The average molecular weight is 442 g/mol. The highest BCUT2D eigenvalue weighted by atomic mass is 19.1. The van der Waals surface area contributed by atoms with Crippen LogP contribution in [0.15, 0.2) is 85.1 Å². The average Bonchev–Trinajstić information content (AvgIpc) is 3.26. The summed E-state index contributed by atoms with van der Waals surface area (Å²) in [5, 5.41) is 0.978. The van der Waals surface area contributed by atoms with E-state index in [2.05, 4.69) is 4.98 Å². The van der Waals surface area contributed by atoms with E-state index in [-0.39, 0.29) is 11.7 Å². The normalized spacial score (nSPS) is 15.5. The minimum absolute atomic E-state index is 0.0587. The molecule has 1 saturated heterocycles. The third kappa shape index (κ3) is 4.24. The first-order valence-corrected chi connectivity index (χ1v) is 11.0. The van der Waals surface area contributed by atoms with Crippen LogP contribution in [0.25, 0.3) is 10.9 Å². The van der Waals surface area contributed by atoms with Gasteiger partial charge in [0, 0.05) is 35.8 Å². The Morgan fingerprint density at radius 1 is 0.970 bits per heavy atom. The Kier molecular flexibility index (Phi) is 5.65. The molecule has 4 aromatic rings. The topological polar surface area (TPSA) is 68.5 Å². The molecule has 0 aliphatic carbocycles. The van der Waals surface area contributed by atoms with Gasteiger partial charge >= 0.3 is 0 Å². The van der Waals surface area contributed by atoms with Crippen molar-refractivity contribution >= 4 is 22.5 Å². The number of anilines is 1. The van der Waals surface area contributed by atoms with Gasteiger partial charge in [0.05, 0.1) is 11.6 Å². The maximum atomic E-state index is 13.8. The first-order valence-electron chi connectivity index (χ1n) is 11.0. The Balaban J connectivity index is 1.69. The van der Waals surface area contributed by atoms with Gasteiger partial charge in [0.1, 0.15) is 11.6 Å². The highest BCUT2D eigenvalue weighted by Crippen LogP contribution is 2.41. The molecule has 2 atom stereocenters. The molecular weight excluding hydrogens is 417 g/mol. The van der Waals surface area contributed by atoms with Crippen LogP contribution in [-0.2, 0) is 4.79 Å². The molecule has 0 saturated carbocycles. The highest BCUT2D eigenvalue weighted by molar-refractivity contribution is 5.83. The number of rotatable bonds is 6. The van der Waals surface area contributed by atoms with Crippen LogP contribution in [0, 0.1) is 5.82 Å². The van der Waals surface area contributed by atoms with Crippen molar-refractivity contribution in [3.8, 4) is 5.75 Å². The van der Waals surface area contributed by atoms with E-state index in [1.807, 2.05) is 47.4 Å². The number of para-hydroxylation sites is 1. The number of hydrogen-bond acceptors (Lipinski definition) is 4. The minimum Gasteiger partial charge on any atom is -0.483 e. The smallest absolute Gasteiger partial charge is 0.223 e.